The zero-order valence-corrected chi connectivity index (χ0v) is 17.5. The predicted molar refractivity (Wildman–Crippen MR) is 116 cm³/mol. The lowest BCUT2D eigenvalue weighted by Gasteiger charge is -2.29. The number of nitrogens with one attached hydrogen (secondary N) is 1. The lowest BCUT2D eigenvalue weighted by molar-refractivity contribution is -0.130. The number of aromatic nitrogens is 1. The van der Waals surface area contributed by atoms with Gasteiger partial charge in [0.15, 0.2) is 11.5 Å². The summed E-state index contributed by atoms with van der Waals surface area (Å²) in [6.45, 7) is 6.62. The molecule has 0 fully saturated rings. The first-order valence-corrected chi connectivity index (χ1v) is 10.1. The van der Waals surface area contributed by atoms with Gasteiger partial charge < -0.3 is 14.8 Å². The van der Waals surface area contributed by atoms with Gasteiger partial charge in [0, 0.05) is 12.4 Å². The van der Waals surface area contributed by atoms with Crippen molar-refractivity contribution in [1.29, 1.82) is 0 Å². The highest BCUT2D eigenvalue weighted by molar-refractivity contribution is 5.82. The summed E-state index contributed by atoms with van der Waals surface area (Å²) in [6.07, 6.45) is 2.73. The number of hydrogen-bond acceptors (Lipinski definition) is 4. The highest BCUT2D eigenvalue weighted by atomic mass is 16.6. The van der Waals surface area contributed by atoms with Gasteiger partial charge in [0.25, 0.3) is 5.91 Å². The van der Waals surface area contributed by atoms with E-state index < -0.39 is 6.10 Å². The van der Waals surface area contributed by atoms with Crippen molar-refractivity contribution in [2.75, 3.05) is 6.61 Å². The lowest BCUT2D eigenvalue weighted by Crippen LogP contribution is -2.45. The molecule has 154 valence electrons. The van der Waals surface area contributed by atoms with Crippen molar-refractivity contribution >= 4 is 5.91 Å². The van der Waals surface area contributed by atoms with Gasteiger partial charge in [0.1, 0.15) is 6.61 Å². The van der Waals surface area contributed by atoms with Gasteiger partial charge in [-0.05, 0) is 46.4 Å². The quantitative estimate of drug-likeness (QED) is 0.702. The second kappa shape index (κ2) is 8.19. The van der Waals surface area contributed by atoms with Crippen LogP contribution in [0.15, 0.2) is 73.1 Å². The minimum Gasteiger partial charge on any atom is -0.485 e. The lowest BCUT2D eigenvalue weighted by atomic mass is 9.87. The Labute approximate surface area is 177 Å². The van der Waals surface area contributed by atoms with E-state index in [0.29, 0.717) is 11.5 Å². The molecule has 1 N–H and O–H groups in total. The molecule has 1 aromatic heterocycles. The van der Waals surface area contributed by atoms with Crippen LogP contribution in [-0.2, 0) is 10.2 Å². The third-order valence-electron chi connectivity index (χ3n) is 5.22. The van der Waals surface area contributed by atoms with Gasteiger partial charge in [-0.25, -0.2) is 0 Å². The van der Waals surface area contributed by atoms with Gasteiger partial charge in [0.05, 0.1) is 6.04 Å². The SMILES string of the molecule is CC(C)(C)c1ccc2c(c1)OC[C@H](C(=O)N[C@@H](c1ccccc1)c1ccncc1)O2. The molecule has 0 saturated heterocycles. The smallest absolute Gasteiger partial charge is 0.265 e. The van der Waals surface area contributed by atoms with Crippen LogP contribution in [0.1, 0.15) is 43.5 Å². The number of nitrogens with zero attached hydrogens (tertiary/aromatic N) is 1. The van der Waals surface area contributed by atoms with E-state index in [1.54, 1.807) is 12.4 Å². The molecular weight excluding hydrogens is 376 g/mol. The number of benzene rings is 2. The largest absolute Gasteiger partial charge is 0.485 e. The molecule has 1 aliphatic heterocycles. The van der Waals surface area contributed by atoms with Crippen molar-refractivity contribution in [3.05, 3.63) is 89.7 Å². The zero-order chi connectivity index (χ0) is 21.1. The fraction of sp³-hybridized carbons (Fsp3) is 0.280. The fourth-order valence-corrected chi connectivity index (χ4v) is 3.46. The average molecular weight is 402 g/mol. The molecule has 0 spiro atoms. The molecule has 2 atom stereocenters. The van der Waals surface area contributed by atoms with Crippen molar-refractivity contribution in [3.63, 3.8) is 0 Å². The second-order valence-corrected chi connectivity index (χ2v) is 8.46. The molecule has 2 aromatic carbocycles. The number of pyridine rings is 1. The summed E-state index contributed by atoms with van der Waals surface area (Å²) >= 11 is 0. The average Bonchev–Trinajstić information content (AvgIpc) is 2.77. The van der Waals surface area contributed by atoms with E-state index in [2.05, 4.69) is 31.1 Å². The van der Waals surface area contributed by atoms with Crippen LogP contribution in [-0.4, -0.2) is 23.6 Å². The summed E-state index contributed by atoms with van der Waals surface area (Å²) in [5.41, 5.74) is 3.12. The highest BCUT2D eigenvalue weighted by Gasteiger charge is 2.30. The van der Waals surface area contributed by atoms with Crippen molar-refractivity contribution in [2.45, 2.75) is 38.3 Å². The summed E-state index contributed by atoms with van der Waals surface area (Å²) in [4.78, 5) is 17.1. The second-order valence-electron chi connectivity index (χ2n) is 8.46. The van der Waals surface area contributed by atoms with Crippen molar-refractivity contribution in [1.82, 2.24) is 10.3 Å². The number of rotatable bonds is 4. The third kappa shape index (κ3) is 4.30. The van der Waals surface area contributed by atoms with Crippen LogP contribution in [0.3, 0.4) is 0 Å². The molecule has 1 amide bonds. The Balaban J connectivity index is 1.53. The third-order valence-corrected chi connectivity index (χ3v) is 5.22. The summed E-state index contributed by atoms with van der Waals surface area (Å²) < 4.78 is 11.9. The van der Waals surface area contributed by atoms with Gasteiger partial charge in [-0.1, -0.05) is 57.2 Å². The molecule has 5 nitrogen and oxygen atoms in total. The number of carbonyl (C=O) groups excluding carboxylic acids is 1. The first kappa shape index (κ1) is 20.0. The van der Waals surface area contributed by atoms with E-state index >= 15 is 0 Å². The molecule has 4 rings (SSSR count). The van der Waals surface area contributed by atoms with Crippen LogP contribution in [0.4, 0.5) is 0 Å². The Kier molecular flexibility index (Phi) is 5.44. The number of fused-ring (bicyclic) bond motifs is 1. The van der Waals surface area contributed by atoms with Gasteiger partial charge in [-0.2, -0.15) is 0 Å². The Morgan fingerprint density at radius 1 is 1.00 bits per heavy atom. The summed E-state index contributed by atoms with van der Waals surface area (Å²) in [7, 11) is 0. The van der Waals surface area contributed by atoms with Gasteiger partial charge in [0.2, 0.25) is 6.10 Å². The number of ether oxygens (including phenoxy) is 2. The summed E-state index contributed by atoms with van der Waals surface area (Å²) in [6, 6.07) is 19.3. The van der Waals surface area contributed by atoms with Gasteiger partial charge in [-0.3, -0.25) is 9.78 Å². The minimum atomic E-state index is -0.717. The maximum atomic E-state index is 13.1. The zero-order valence-electron chi connectivity index (χ0n) is 17.5. The Hall–Kier alpha value is -3.34. The van der Waals surface area contributed by atoms with Crippen LogP contribution in [0.25, 0.3) is 0 Å². The number of carbonyl (C=O) groups is 1. The minimum absolute atomic E-state index is 0.0139. The van der Waals surface area contributed by atoms with E-state index in [0.717, 1.165) is 16.7 Å². The maximum Gasteiger partial charge on any atom is 0.265 e. The maximum absolute atomic E-state index is 13.1. The van der Waals surface area contributed by atoms with Crippen LogP contribution in [0.5, 0.6) is 11.5 Å². The summed E-state index contributed by atoms with van der Waals surface area (Å²) in [5, 5.41) is 3.11. The van der Waals surface area contributed by atoms with E-state index in [4.69, 9.17) is 9.47 Å². The molecule has 0 radical (unpaired) electrons. The van der Waals surface area contributed by atoms with Crippen molar-refractivity contribution in [2.24, 2.45) is 0 Å². The first-order valence-electron chi connectivity index (χ1n) is 10.1. The van der Waals surface area contributed by atoms with Crippen LogP contribution < -0.4 is 14.8 Å². The van der Waals surface area contributed by atoms with Gasteiger partial charge in [-0.15, -0.1) is 0 Å². The van der Waals surface area contributed by atoms with E-state index in [9.17, 15) is 4.79 Å². The topological polar surface area (TPSA) is 60.5 Å². The molecule has 0 unspecified atom stereocenters. The molecule has 2 heterocycles. The molecule has 5 heteroatoms. The molecule has 1 aliphatic rings. The molecule has 3 aromatic rings. The van der Waals surface area contributed by atoms with E-state index in [1.165, 1.54) is 0 Å². The normalized spacial score (nSPS) is 16.6. The Morgan fingerprint density at radius 2 is 1.70 bits per heavy atom. The predicted octanol–water partition coefficient (Wildman–Crippen LogP) is 4.42. The van der Waals surface area contributed by atoms with Crippen LogP contribution in [0.2, 0.25) is 0 Å². The number of amides is 1. The fourth-order valence-electron chi connectivity index (χ4n) is 3.46. The Bertz CT molecular complexity index is 974. The first-order chi connectivity index (χ1) is 14.4. The van der Waals surface area contributed by atoms with Gasteiger partial charge >= 0.3 is 0 Å². The van der Waals surface area contributed by atoms with Crippen LogP contribution in [0, 0.1) is 0 Å². The molecule has 0 aliphatic carbocycles. The van der Waals surface area contributed by atoms with Crippen LogP contribution >= 0.6 is 0 Å². The van der Waals surface area contributed by atoms with Crippen molar-refractivity contribution in [3.8, 4) is 11.5 Å². The Morgan fingerprint density at radius 3 is 2.40 bits per heavy atom. The number of hydrogen-bond donors (Lipinski definition) is 1. The molecule has 0 saturated carbocycles. The highest BCUT2D eigenvalue weighted by Crippen LogP contribution is 2.36. The van der Waals surface area contributed by atoms with E-state index in [1.807, 2.05) is 60.7 Å². The molecular formula is C25H26N2O3. The summed E-state index contributed by atoms with van der Waals surface area (Å²) in [5.74, 6) is 1.06. The monoisotopic (exact) mass is 402 g/mol. The molecule has 0 bridgehead atoms. The van der Waals surface area contributed by atoms with E-state index in [-0.39, 0.29) is 24.0 Å². The standard InChI is InChI=1S/C25H26N2O3/c1-25(2,3)19-9-10-20-21(15-19)29-16-22(30-20)24(28)27-23(17-7-5-4-6-8-17)18-11-13-26-14-12-18/h4-15,22-23H,16H2,1-3H3,(H,27,28)/t22-,23+/m1/s1. The van der Waals surface area contributed by atoms with Crippen molar-refractivity contribution < 1.29 is 14.3 Å². The molecule has 30 heavy (non-hydrogen) atoms.